The van der Waals surface area contributed by atoms with E-state index in [0.29, 0.717) is 6.54 Å². The first-order valence-electron chi connectivity index (χ1n) is 5.30. The molecule has 0 aliphatic carbocycles. The lowest BCUT2D eigenvalue weighted by molar-refractivity contribution is -0.116. The van der Waals surface area contributed by atoms with Gasteiger partial charge in [-0.3, -0.25) is 4.79 Å². The third kappa shape index (κ3) is 1.48. The van der Waals surface area contributed by atoms with Crippen molar-refractivity contribution in [2.24, 2.45) is 0 Å². The summed E-state index contributed by atoms with van der Waals surface area (Å²) in [5.74, 6) is -0.0275. The zero-order valence-electron chi connectivity index (χ0n) is 8.73. The largest absolute Gasteiger partial charge is 0.348 e. The number of carbonyl (C=O) groups is 1. The van der Waals surface area contributed by atoms with Gasteiger partial charge in [0, 0.05) is 12.6 Å². The lowest BCUT2D eigenvalue weighted by atomic mass is 10.0. The van der Waals surface area contributed by atoms with Crippen LogP contribution >= 0.6 is 0 Å². The predicted octanol–water partition coefficient (Wildman–Crippen LogP) is 2.48. The fraction of sp³-hybridized carbons (Fsp3) is 0.0714. The van der Waals surface area contributed by atoms with Crippen LogP contribution in [0.25, 0.3) is 16.8 Å². The van der Waals surface area contributed by atoms with E-state index in [2.05, 4.69) is 29.6 Å². The van der Waals surface area contributed by atoms with Gasteiger partial charge in [-0.25, -0.2) is 0 Å². The molecule has 2 heteroatoms. The molecule has 1 amide bonds. The molecule has 0 atom stereocenters. The van der Waals surface area contributed by atoms with Gasteiger partial charge in [0.1, 0.15) is 0 Å². The SMILES string of the molecule is O=C1C=Cc2cc3ccccc3cc2CN1. The summed E-state index contributed by atoms with van der Waals surface area (Å²) in [6.07, 6.45) is 3.46. The van der Waals surface area contributed by atoms with Gasteiger partial charge in [0.15, 0.2) is 0 Å². The summed E-state index contributed by atoms with van der Waals surface area (Å²) in [6, 6.07) is 12.5. The highest BCUT2D eigenvalue weighted by atomic mass is 16.1. The van der Waals surface area contributed by atoms with E-state index in [4.69, 9.17) is 0 Å². The van der Waals surface area contributed by atoms with Gasteiger partial charge in [-0.15, -0.1) is 0 Å². The summed E-state index contributed by atoms with van der Waals surface area (Å²) in [7, 11) is 0. The highest BCUT2D eigenvalue weighted by Crippen LogP contribution is 2.22. The van der Waals surface area contributed by atoms with Gasteiger partial charge in [0.05, 0.1) is 0 Å². The maximum absolute atomic E-state index is 11.2. The second kappa shape index (κ2) is 3.49. The van der Waals surface area contributed by atoms with Crippen LogP contribution in [0.15, 0.2) is 42.5 Å². The zero-order valence-corrected chi connectivity index (χ0v) is 8.73. The Balaban J connectivity index is 2.24. The molecular formula is C14H11NO. The summed E-state index contributed by atoms with van der Waals surface area (Å²) in [5, 5.41) is 5.26. The van der Waals surface area contributed by atoms with Gasteiger partial charge in [-0.1, -0.05) is 24.3 Å². The number of benzene rings is 2. The van der Waals surface area contributed by atoms with Crippen LogP contribution in [0.5, 0.6) is 0 Å². The van der Waals surface area contributed by atoms with E-state index in [-0.39, 0.29) is 5.91 Å². The van der Waals surface area contributed by atoms with E-state index < -0.39 is 0 Å². The molecule has 78 valence electrons. The summed E-state index contributed by atoms with van der Waals surface area (Å²) < 4.78 is 0. The van der Waals surface area contributed by atoms with Gasteiger partial charge >= 0.3 is 0 Å². The molecule has 0 radical (unpaired) electrons. The molecule has 0 saturated carbocycles. The molecule has 2 aromatic carbocycles. The van der Waals surface area contributed by atoms with Crippen LogP contribution in [0.2, 0.25) is 0 Å². The molecule has 3 rings (SSSR count). The first-order valence-corrected chi connectivity index (χ1v) is 5.30. The lowest BCUT2D eigenvalue weighted by Gasteiger charge is -2.06. The third-order valence-corrected chi connectivity index (χ3v) is 2.87. The van der Waals surface area contributed by atoms with E-state index in [9.17, 15) is 4.79 Å². The normalized spacial score (nSPS) is 14.4. The highest BCUT2D eigenvalue weighted by molar-refractivity contribution is 5.95. The van der Waals surface area contributed by atoms with Crippen LogP contribution < -0.4 is 5.32 Å². The van der Waals surface area contributed by atoms with E-state index >= 15 is 0 Å². The van der Waals surface area contributed by atoms with E-state index in [1.165, 1.54) is 16.3 Å². The van der Waals surface area contributed by atoms with Crippen molar-refractivity contribution in [3.63, 3.8) is 0 Å². The van der Waals surface area contributed by atoms with Crippen molar-refractivity contribution in [3.8, 4) is 0 Å². The molecule has 2 nitrogen and oxygen atoms in total. The lowest BCUT2D eigenvalue weighted by Crippen LogP contribution is -2.18. The summed E-state index contributed by atoms with van der Waals surface area (Å²) >= 11 is 0. The number of carbonyl (C=O) groups excluding carboxylic acids is 1. The van der Waals surface area contributed by atoms with Crippen LogP contribution in [0, 0.1) is 0 Å². The number of amides is 1. The van der Waals surface area contributed by atoms with Crippen LogP contribution in [0.1, 0.15) is 11.1 Å². The first-order chi connectivity index (χ1) is 7.83. The molecular weight excluding hydrogens is 198 g/mol. The van der Waals surface area contributed by atoms with Crippen LogP contribution in [-0.2, 0) is 11.3 Å². The minimum absolute atomic E-state index is 0.0275. The molecule has 0 unspecified atom stereocenters. The van der Waals surface area contributed by atoms with Crippen LogP contribution in [0.4, 0.5) is 0 Å². The second-order valence-corrected chi connectivity index (χ2v) is 3.95. The molecule has 2 aromatic rings. The van der Waals surface area contributed by atoms with Gasteiger partial charge in [-0.05, 0) is 40.1 Å². The maximum atomic E-state index is 11.2. The Morgan fingerprint density at radius 2 is 1.75 bits per heavy atom. The Morgan fingerprint density at radius 1 is 1.00 bits per heavy atom. The molecule has 1 N–H and O–H groups in total. The van der Waals surface area contributed by atoms with E-state index in [1.807, 2.05) is 18.2 Å². The fourth-order valence-corrected chi connectivity index (χ4v) is 2.02. The smallest absolute Gasteiger partial charge is 0.244 e. The zero-order chi connectivity index (χ0) is 11.0. The molecule has 0 spiro atoms. The fourth-order valence-electron chi connectivity index (χ4n) is 2.02. The summed E-state index contributed by atoms with van der Waals surface area (Å²) in [5.41, 5.74) is 2.29. The predicted molar refractivity (Wildman–Crippen MR) is 64.8 cm³/mol. The molecule has 1 heterocycles. The van der Waals surface area contributed by atoms with Crippen molar-refractivity contribution in [1.82, 2.24) is 5.32 Å². The third-order valence-electron chi connectivity index (χ3n) is 2.87. The van der Waals surface area contributed by atoms with Crippen molar-refractivity contribution in [3.05, 3.63) is 53.6 Å². The van der Waals surface area contributed by atoms with Crippen molar-refractivity contribution in [2.45, 2.75) is 6.54 Å². The standard InChI is InChI=1S/C14H11NO/c16-14-6-5-12-7-10-3-1-2-4-11(10)8-13(12)9-15-14/h1-8H,9H2,(H,15,16). The number of rotatable bonds is 0. The quantitative estimate of drug-likeness (QED) is 0.709. The van der Waals surface area contributed by atoms with Crippen molar-refractivity contribution < 1.29 is 4.79 Å². The van der Waals surface area contributed by atoms with Gasteiger partial charge in [-0.2, -0.15) is 0 Å². The highest BCUT2D eigenvalue weighted by Gasteiger charge is 2.07. The first kappa shape index (κ1) is 9.16. The van der Waals surface area contributed by atoms with Crippen LogP contribution in [-0.4, -0.2) is 5.91 Å². The molecule has 1 aliphatic heterocycles. The average Bonchev–Trinajstić information content (AvgIpc) is 2.49. The molecule has 0 bridgehead atoms. The van der Waals surface area contributed by atoms with Crippen LogP contribution in [0.3, 0.4) is 0 Å². The van der Waals surface area contributed by atoms with E-state index in [0.717, 1.165) is 5.56 Å². The Kier molecular flexibility index (Phi) is 2.00. The van der Waals surface area contributed by atoms with Crippen molar-refractivity contribution in [2.75, 3.05) is 0 Å². The van der Waals surface area contributed by atoms with Crippen molar-refractivity contribution in [1.29, 1.82) is 0 Å². The molecule has 0 fully saturated rings. The minimum Gasteiger partial charge on any atom is -0.348 e. The minimum atomic E-state index is -0.0275. The average molecular weight is 209 g/mol. The number of hydrogen-bond acceptors (Lipinski definition) is 1. The van der Waals surface area contributed by atoms with Crippen molar-refractivity contribution >= 4 is 22.8 Å². The van der Waals surface area contributed by atoms with Gasteiger partial charge in [0.2, 0.25) is 5.91 Å². The number of hydrogen-bond donors (Lipinski definition) is 1. The molecule has 0 aromatic heterocycles. The van der Waals surface area contributed by atoms with Gasteiger partial charge < -0.3 is 5.32 Å². The Hall–Kier alpha value is -2.09. The summed E-state index contributed by atoms with van der Waals surface area (Å²) in [4.78, 5) is 11.2. The van der Waals surface area contributed by atoms with E-state index in [1.54, 1.807) is 6.08 Å². The monoisotopic (exact) mass is 209 g/mol. The Labute approximate surface area is 93.6 Å². The molecule has 16 heavy (non-hydrogen) atoms. The molecule has 0 saturated heterocycles. The van der Waals surface area contributed by atoms with Gasteiger partial charge in [0.25, 0.3) is 0 Å². The maximum Gasteiger partial charge on any atom is 0.244 e. The second-order valence-electron chi connectivity index (χ2n) is 3.95. The molecule has 1 aliphatic rings. The Bertz CT molecular complexity index is 599. The Morgan fingerprint density at radius 3 is 2.56 bits per heavy atom. The number of fused-ring (bicyclic) bond motifs is 2. The summed E-state index contributed by atoms with van der Waals surface area (Å²) in [6.45, 7) is 0.603. The number of nitrogens with one attached hydrogen (secondary N) is 1. The topological polar surface area (TPSA) is 29.1 Å².